The van der Waals surface area contributed by atoms with Gasteiger partial charge in [-0.2, -0.15) is 4.98 Å². The number of hydrogen-bond acceptors (Lipinski definition) is 5. The molecule has 3 rings (SSSR count). The third-order valence-corrected chi connectivity index (χ3v) is 4.26. The summed E-state index contributed by atoms with van der Waals surface area (Å²) in [5.74, 6) is 1.38. The molecule has 4 nitrogen and oxygen atoms in total. The highest BCUT2D eigenvalue weighted by Gasteiger charge is 2.38. The molecular weight excluding hydrogens is 270 g/mol. The highest BCUT2D eigenvalue weighted by molar-refractivity contribution is 7.09. The normalized spacial score (nSPS) is 16.9. The Morgan fingerprint density at radius 2 is 2.22 bits per heavy atom. The van der Waals surface area contributed by atoms with Gasteiger partial charge in [0.05, 0.1) is 5.54 Å². The van der Waals surface area contributed by atoms with Crippen LogP contribution in [0.5, 0.6) is 0 Å². The first-order valence-electron chi connectivity index (χ1n) is 5.91. The number of aryl methyl sites for hydroxylation is 2. The minimum atomic E-state index is -0.315. The highest BCUT2D eigenvalue weighted by atomic mass is 35.5. The summed E-state index contributed by atoms with van der Waals surface area (Å²) in [6, 6.07) is 4.18. The first-order chi connectivity index (χ1) is 8.26. The quantitative estimate of drug-likeness (QED) is 0.938. The molecule has 1 aliphatic rings. The van der Waals surface area contributed by atoms with E-state index in [-0.39, 0.29) is 17.9 Å². The summed E-state index contributed by atoms with van der Waals surface area (Å²) in [4.78, 5) is 5.75. The molecule has 2 heterocycles. The molecule has 0 aliphatic heterocycles. The molecule has 0 radical (unpaired) electrons. The molecule has 2 aromatic heterocycles. The van der Waals surface area contributed by atoms with Crippen LogP contribution in [0, 0.1) is 0 Å². The molecule has 0 atom stereocenters. The van der Waals surface area contributed by atoms with Crippen LogP contribution < -0.4 is 5.73 Å². The summed E-state index contributed by atoms with van der Waals surface area (Å²) < 4.78 is 5.25. The maximum absolute atomic E-state index is 6.15. The number of nitrogens with two attached hydrogens (primary N) is 1. The number of nitrogens with zero attached hydrogens (tertiary/aromatic N) is 2. The van der Waals surface area contributed by atoms with Gasteiger partial charge >= 0.3 is 0 Å². The Bertz CT molecular complexity index is 493. The average molecular weight is 286 g/mol. The Morgan fingerprint density at radius 1 is 1.39 bits per heavy atom. The van der Waals surface area contributed by atoms with E-state index in [0.29, 0.717) is 11.7 Å². The molecule has 0 amide bonds. The first kappa shape index (κ1) is 13.5. The molecular formula is C12H16ClN3OS. The number of hydrogen-bond donors (Lipinski definition) is 1. The molecule has 1 saturated carbocycles. The van der Waals surface area contributed by atoms with E-state index in [1.807, 2.05) is 0 Å². The van der Waals surface area contributed by atoms with Crippen LogP contribution in [0.15, 0.2) is 22.0 Å². The van der Waals surface area contributed by atoms with Gasteiger partial charge in [0, 0.05) is 11.3 Å². The standard InChI is InChI=1S/C12H15N3OS.ClH/c13-12(6-2-7-12)11-14-10(16-15-11)5-4-9-3-1-8-17-9;/h1,3,8H,2,4-7,13H2;1H. The van der Waals surface area contributed by atoms with Crippen LogP contribution >= 0.6 is 23.7 Å². The molecule has 98 valence electrons. The van der Waals surface area contributed by atoms with Gasteiger partial charge in [-0.05, 0) is 37.1 Å². The number of rotatable bonds is 4. The third kappa shape index (κ3) is 2.58. The maximum Gasteiger partial charge on any atom is 0.227 e. The lowest BCUT2D eigenvalue weighted by Crippen LogP contribution is -2.44. The lowest BCUT2D eigenvalue weighted by molar-refractivity contribution is 0.229. The van der Waals surface area contributed by atoms with Crippen molar-refractivity contribution >= 4 is 23.7 Å². The van der Waals surface area contributed by atoms with Gasteiger partial charge in [-0.25, -0.2) is 0 Å². The van der Waals surface area contributed by atoms with Crippen molar-refractivity contribution in [2.45, 2.75) is 37.6 Å². The zero-order chi connectivity index (χ0) is 11.7. The van der Waals surface area contributed by atoms with E-state index in [2.05, 4.69) is 27.7 Å². The van der Waals surface area contributed by atoms with Crippen molar-refractivity contribution in [2.24, 2.45) is 5.73 Å². The van der Waals surface area contributed by atoms with Crippen molar-refractivity contribution in [1.29, 1.82) is 0 Å². The Labute approximate surface area is 116 Å². The van der Waals surface area contributed by atoms with Crippen LogP contribution in [0.3, 0.4) is 0 Å². The second-order valence-electron chi connectivity index (χ2n) is 4.60. The molecule has 0 aromatic carbocycles. The van der Waals surface area contributed by atoms with E-state index in [9.17, 15) is 0 Å². The van der Waals surface area contributed by atoms with Crippen LogP contribution in [0.2, 0.25) is 0 Å². The van der Waals surface area contributed by atoms with Crippen molar-refractivity contribution in [1.82, 2.24) is 10.1 Å². The molecule has 0 bridgehead atoms. The van der Waals surface area contributed by atoms with E-state index in [0.717, 1.165) is 32.1 Å². The van der Waals surface area contributed by atoms with Gasteiger partial charge < -0.3 is 10.3 Å². The Kier molecular flexibility index (Phi) is 4.04. The zero-order valence-corrected chi connectivity index (χ0v) is 11.6. The molecule has 0 unspecified atom stereocenters. The monoisotopic (exact) mass is 285 g/mol. The highest BCUT2D eigenvalue weighted by Crippen LogP contribution is 2.36. The zero-order valence-electron chi connectivity index (χ0n) is 9.96. The molecule has 1 fully saturated rings. The van der Waals surface area contributed by atoms with Crippen molar-refractivity contribution in [3.63, 3.8) is 0 Å². The van der Waals surface area contributed by atoms with E-state index >= 15 is 0 Å². The molecule has 18 heavy (non-hydrogen) atoms. The molecule has 0 spiro atoms. The topological polar surface area (TPSA) is 64.9 Å². The van der Waals surface area contributed by atoms with Gasteiger partial charge in [-0.15, -0.1) is 23.7 Å². The van der Waals surface area contributed by atoms with Gasteiger partial charge in [0.2, 0.25) is 5.89 Å². The fourth-order valence-electron chi connectivity index (χ4n) is 2.02. The van der Waals surface area contributed by atoms with Gasteiger partial charge in [0.1, 0.15) is 0 Å². The SMILES string of the molecule is Cl.NC1(c2noc(CCc3cccs3)n2)CCC1. The Hall–Kier alpha value is -0.910. The fraction of sp³-hybridized carbons (Fsp3) is 0.500. The Morgan fingerprint density at radius 3 is 2.83 bits per heavy atom. The molecule has 6 heteroatoms. The van der Waals surface area contributed by atoms with E-state index in [1.165, 1.54) is 4.88 Å². The summed E-state index contributed by atoms with van der Waals surface area (Å²) >= 11 is 1.76. The predicted octanol–water partition coefficient (Wildman–Crippen LogP) is 2.68. The van der Waals surface area contributed by atoms with Crippen LogP contribution in [0.25, 0.3) is 0 Å². The molecule has 2 N–H and O–H groups in total. The van der Waals surface area contributed by atoms with E-state index in [4.69, 9.17) is 10.3 Å². The van der Waals surface area contributed by atoms with E-state index in [1.54, 1.807) is 11.3 Å². The number of aromatic nitrogens is 2. The molecule has 1 aliphatic carbocycles. The lowest BCUT2D eigenvalue weighted by Gasteiger charge is -2.34. The minimum Gasteiger partial charge on any atom is -0.339 e. The first-order valence-corrected chi connectivity index (χ1v) is 6.79. The minimum absolute atomic E-state index is 0. The van der Waals surface area contributed by atoms with E-state index < -0.39 is 0 Å². The van der Waals surface area contributed by atoms with Crippen molar-refractivity contribution < 1.29 is 4.52 Å². The summed E-state index contributed by atoms with van der Waals surface area (Å²) in [5.41, 5.74) is 5.83. The molecule has 2 aromatic rings. The Balaban J connectivity index is 0.00000120. The van der Waals surface area contributed by atoms with Crippen LogP contribution in [-0.4, -0.2) is 10.1 Å². The van der Waals surface area contributed by atoms with Crippen molar-refractivity contribution in [3.8, 4) is 0 Å². The summed E-state index contributed by atoms with van der Waals surface area (Å²) in [6.07, 6.45) is 4.85. The van der Waals surface area contributed by atoms with Gasteiger partial charge in [-0.3, -0.25) is 0 Å². The summed E-state index contributed by atoms with van der Waals surface area (Å²) in [7, 11) is 0. The second kappa shape index (κ2) is 5.38. The van der Waals surface area contributed by atoms with Crippen LogP contribution in [-0.2, 0) is 18.4 Å². The van der Waals surface area contributed by atoms with Gasteiger partial charge in [0.15, 0.2) is 5.82 Å². The predicted molar refractivity (Wildman–Crippen MR) is 73.0 cm³/mol. The van der Waals surface area contributed by atoms with Crippen molar-refractivity contribution in [3.05, 3.63) is 34.1 Å². The number of thiophene rings is 1. The third-order valence-electron chi connectivity index (χ3n) is 3.32. The second-order valence-corrected chi connectivity index (χ2v) is 5.63. The maximum atomic E-state index is 6.15. The van der Waals surface area contributed by atoms with Gasteiger partial charge in [0.25, 0.3) is 0 Å². The largest absolute Gasteiger partial charge is 0.339 e. The molecule has 0 saturated heterocycles. The van der Waals surface area contributed by atoms with Gasteiger partial charge in [-0.1, -0.05) is 11.2 Å². The number of halogens is 1. The summed E-state index contributed by atoms with van der Waals surface area (Å²) in [6.45, 7) is 0. The fourth-order valence-corrected chi connectivity index (χ4v) is 2.73. The van der Waals surface area contributed by atoms with Crippen LogP contribution in [0.1, 0.15) is 35.9 Å². The lowest BCUT2D eigenvalue weighted by atomic mass is 9.77. The summed E-state index contributed by atoms with van der Waals surface area (Å²) in [5, 5.41) is 6.08. The average Bonchev–Trinajstić information content (AvgIpc) is 2.94. The van der Waals surface area contributed by atoms with Crippen molar-refractivity contribution in [2.75, 3.05) is 0 Å². The smallest absolute Gasteiger partial charge is 0.227 e. The van der Waals surface area contributed by atoms with Crippen LogP contribution in [0.4, 0.5) is 0 Å².